The summed E-state index contributed by atoms with van der Waals surface area (Å²) < 4.78 is 0. The lowest BCUT2D eigenvalue weighted by Crippen LogP contribution is -2.51. The molecule has 1 aromatic rings. The van der Waals surface area contributed by atoms with Crippen LogP contribution in [0.25, 0.3) is 0 Å². The molecule has 0 bridgehead atoms. The van der Waals surface area contributed by atoms with Gasteiger partial charge in [-0.3, -0.25) is 10.2 Å². The number of nitrogens with zero attached hydrogens (tertiary/aromatic N) is 4. The molecule has 156 valence electrons. The van der Waals surface area contributed by atoms with Crippen LogP contribution >= 0.6 is 11.3 Å². The van der Waals surface area contributed by atoms with Gasteiger partial charge >= 0.3 is 6.03 Å². The number of anilines is 2. The van der Waals surface area contributed by atoms with Gasteiger partial charge in [0.1, 0.15) is 0 Å². The number of hydrogen-bond donors (Lipinski definition) is 2. The fourth-order valence-electron chi connectivity index (χ4n) is 4.91. The maximum Gasteiger partial charge on any atom is 0.321 e. The van der Waals surface area contributed by atoms with Crippen molar-refractivity contribution in [3.8, 4) is 0 Å². The van der Waals surface area contributed by atoms with Gasteiger partial charge in [0.05, 0.1) is 0 Å². The number of urea groups is 1. The number of amides is 2. The summed E-state index contributed by atoms with van der Waals surface area (Å²) in [4.78, 5) is 17.1. The van der Waals surface area contributed by atoms with Gasteiger partial charge in [-0.2, -0.15) is 0 Å². The Labute approximate surface area is 172 Å². The Bertz CT molecular complexity index is 653. The molecule has 0 spiro atoms. The third-order valence-electron chi connectivity index (χ3n) is 7.00. The maximum absolute atomic E-state index is 12.1. The molecule has 8 heteroatoms. The molecule has 0 aromatic carbocycles. The average Bonchev–Trinajstić information content (AvgIpc) is 3.36. The topological polar surface area (TPSA) is 73.4 Å². The van der Waals surface area contributed by atoms with Gasteiger partial charge in [0.2, 0.25) is 10.3 Å². The summed E-state index contributed by atoms with van der Waals surface area (Å²) in [6.07, 6.45) is 8.62. The van der Waals surface area contributed by atoms with Crippen LogP contribution in [-0.2, 0) is 0 Å². The van der Waals surface area contributed by atoms with Gasteiger partial charge < -0.3 is 10.2 Å². The zero-order valence-corrected chi connectivity index (χ0v) is 18.0. The normalized spacial score (nSPS) is 29.8. The van der Waals surface area contributed by atoms with E-state index in [2.05, 4.69) is 44.5 Å². The lowest BCUT2D eigenvalue weighted by Gasteiger charge is -2.43. The Morgan fingerprint density at radius 3 is 2.46 bits per heavy atom. The van der Waals surface area contributed by atoms with E-state index in [4.69, 9.17) is 0 Å². The Balaban J connectivity index is 1.24. The van der Waals surface area contributed by atoms with Crippen LogP contribution in [0.5, 0.6) is 0 Å². The minimum Gasteiger partial charge on any atom is -0.344 e. The summed E-state index contributed by atoms with van der Waals surface area (Å²) in [7, 11) is 0. The van der Waals surface area contributed by atoms with Crippen LogP contribution in [0.2, 0.25) is 0 Å². The Morgan fingerprint density at radius 1 is 1.00 bits per heavy atom. The summed E-state index contributed by atoms with van der Waals surface area (Å²) in [5.41, 5.74) is 0. The highest BCUT2D eigenvalue weighted by molar-refractivity contribution is 7.19. The van der Waals surface area contributed by atoms with E-state index in [1.165, 1.54) is 43.4 Å². The summed E-state index contributed by atoms with van der Waals surface area (Å²) in [6, 6.07) is 0.908. The van der Waals surface area contributed by atoms with Gasteiger partial charge in [0.15, 0.2) is 0 Å². The first-order chi connectivity index (χ1) is 13.6. The van der Waals surface area contributed by atoms with E-state index in [0.29, 0.717) is 11.2 Å². The number of piperazine rings is 1. The molecule has 7 nitrogen and oxygen atoms in total. The molecule has 3 fully saturated rings. The second-order valence-corrected chi connectivity index (χ2v) is 9.87. The number of aromatic nitrogens is 2. The smallest absolute Gasteiger partial charge is 0.321 e. The van der Waals surface area contributed by atoms with Crippen LogP contribution in [0.3, 0.4) is 0 Å². The molecular formula is C20H34N6OS. The number of carbonyl (C=O) groups is 1. The van der Waals surface area contributed by atoms with Crippen molar-refractivity contribution < 1.29 is 4.79 Å². The highest BCUT2D eigenvalue weighted by atomic mass is 32.1. The summed E-state index contributed by atoms with van der Waals surface area (Å²) in [6.45, 7) is 8.97. The summed E-state index contributed by atoms with van der Waals surface area (Å²) in [5, 5.41) is 15.9. The molecule has 28 heavy (non-hydrogen) atoms. The zero-order valence-electron chi connectivity index (χ0n) is 17.2. The van der Waals surface area contributed by atoms with Crippen molar-refractivity contribution in [3.05, 3.63) is 0 Å². The first-order valence-electron chi connectivity index (χ1n) is 11.0. The number of hydrogen-bond acceptors (Lipinski definition) is 6. The van der Waals surface area contributed by atoms with E-state index in [1.807, 2.05) is 0 Å². The maximum atomic E-state index is 12.1. The van der Waals surface area contributed by atoms with Gasteiger partial charge in [-0.25, -0.2) is 4.79 Å². The predicted octanol–water partition coefficient (Wildman–Crippen LogP) is 3.55. The van der Waals surface area contributed by atoms with Crippen molar-refractivity contribution >= 4 is 27.6 Å². The molecule has 1 aromatic heterocycles. The first-order valence-corrected chi connectivity index (χ1v) is 11.8. The second-order valence-electron chi connectivity index (χ2n) is 8.91. The van der Waals surface area contributed by atoms with Gasteiger partial charge in [0, 0.05) is 38.3 Å². The second kappa shape index (κ2) is 8.95. The molecule has 4 rings (SSSR count). The minimum absolute atomic E-state index is 0.153. The third kappa shape index (κ3) is 4.76. The van der Waals surface area contributed by atoms with Crippen LogP contribution < -0.4 is 15.5 Å². The van der Waals surface area contributed by atoms with Gasteiger partial charge in [-0.15, -0.1) is 10.2 Å². The number of rotatable bonds is 4. The Morgan fingerprint density at radius 2 is 1.75 bits per heavy atom. The van der Waals surface area contributed by atoms with Crippen LogP contribution in [0.15, 0.2) is 0 Å². The molecule has 2 saturated carbocycles. The SMILES string of the molecule is CC1CCC(N2CCN(c3nnc(NC(=O)NC4CCCC4)s3)CC2)CC1C. The molecule has 0 radical (unpaired) electrons. The van der Waals surface area contributed by atoms with Crippen molar-refractivity contribution in [1.29, 1.82) is 0 Å². The average molecular weight is 407 g/mol. The minimum atomic E-state index is -0.153. The molecule has 3 atom stereocenters. The van der Waals surface area contributed by atoms with E-state index in [1.54, 1.807) is 0 Å². The van der Waals surface area contributed by atoms with Crippen LogP contribution in [0.1, 0.15) is 58.8 Å². The number of nitrogens with one attached hydrogen (secondary N) is 2. The monoisotopic (exact) mass is 406 g/mol. The highest BCUT2D eigenvalue weighted by Gasteiger charge is 2.31. The fourth-order valence-corrected chi connectivity index (χ4v) is 5.70. The lowest BCUT2D eigenvalue weighted by atomic mass is 9.78. The zero-order chi connectivity index (χ0) is 19.5. The first kappa shape index (κ1) is 19.9. The Kier molecular flexibility index (Phi) is 6.35. The lowest BCUT2D eigenvalue weighted by molar-refractivity contribution is 0.103. The van der Waals surface area contributed by atoms with Gasteiger partial charge in [-0.1, -0.05) is 38.0 Å². The van der Waals surface area contributed by atoms with Crippen molar-refractivity contribution in [1.82, 2.24) is 20.4 Å². The molecule has 3 unspecified atom stereocenters. The molecular weight excluding hydrogens is 372 g/mol. The van der Waals surface area contributed by atoms with Crippen molar-refractivity contribution in [2.75, 3.05) is 36.4 Å². The summed E-state index contributed by atoms with van der Waals surface area (Å²) in [5.74, 6) is 1.71. The van der Waals surface area contributed by atoms with Crippen LogP contribution in [0.4, 0.5) is 15.1 Å². The third-order valence-corrected chi connectivity index (χ3v) is 7.90. The Hall–Kier alpha value is -1.41. The van der Waals surface area contributed by atoms with Crippen molar-refractivity contribution in [2.45, 2.75) is 70.9 Å². The standard InChI is InChI=1S/C20H34N6OS/c1-14-7-8-17(13-15(14)2)25-9-11-26(12-10-25)20-24-23-19(28-20)22-18(27)21-16-5-3-4-6-16/h14-17H,3-13H2,1-2H3,(H2,21,22,23,27). The van der Waals surface area contributed by atoms with Crippen molar-refractivity contribution in [3.63, 3.8) is 0 Å². The number of carbonyl (C=O) groups excluding carboxylic acids is 1. The van der Waals surface area contributed by atoms with E-state index in [0.717, 1.165) is 62.0 Å². The van der Waals surface area contributed by atoms with E-state index < -0.39 is 0 Å². The quantitative estimate of drug-likeness (QED) is 0.800. The molecule has 1 aliphatic heterocycles. The van der Waals surface area contributed by atoms with Crippen molar-refractivity contribution in [2.24, 2.45) is 11.8 Å². The van der Waals surface area contributed by atoms with Gasteiger partial charge in [-0.05, 0) is 43.9 Å². The molecule has 1 saturated heterocycles. The molecule has 2 N–H and O–H groups in total. The largest absolute Gasteiger partial charge is 0.344 e. The van der Waals surface area contributed by atoms with E-state index >= 15 is 0 Å². The van der Waals surface area contributed by atoms with Gasteiger partial charge in [0.25, 0.3) is 0 Å². The fraction of sp³-hybridized carbons (Fsp3) is 0.850. The predicted molar refractivity (Wildman–Crippen MR) is 114 cm³/mol. The van der Waals surface area contributed by atoms with Crippen LogP contribution in [-0.4, -0.2) is 59.4 Å². The molecule has 2 heterocycles. The molecule has 2 amide bonds. The van der Waals surface area contributed by atoms with Crippen LogP contribution in [0, 0.1) is 11.8 Å². The van der Waals surface area contributed by atoms with E-state index in [-0.39, 0.29) is 6.03 Å². The molecule has 3 aliphatic rings. The van der Waals surface area contributed by atoms with E-state index in [9.17, 15) is 4.79 Å². The molecule has 2 aliphatic carbocycles. The summed E-state index contributed by atoms with van der Waals surface area (Å²) >= 11 is 1.48. The highest BCUT2D eigenvalue weighted by Crippen LogP contribution is 2.33.